The fourth-order valence-electron chi connectivity index (χ4n) is 2.93. The number of ether oxygens (including phenoxy) is 1. The molecule has 0 spiro atoms. The van der Waals surface area contributed by atoms with Gasteiger partial charge in [0.15, 0.2) is 0 Å². The molecule has 0 unspecified atom stereocenters. The Hall–Kier alpha value is -1.90. The molecular weight excluding hydrogens is 294 g/mol. The third-order valence-electron chi connectivity index (χ3n) is 4.33. The zero-order chi connectivity index (χ0) is 17.4. The van der Waals surface area contributed by atoms with Crippen molar-refractivity contribution in [1.29, 1.82) is 0 Å². The lowest BCUT2D eigenvalue weighted by Crippen LogP contribution is -2.19. The molecule has 3 heteroatoms. The van der Waals surface area contributed by atoms with E-state index in [0.29, 0.717) is 0 Å². The standard InChI is InChI=1S/C20H24F2O/c1-12-7-17(8-13(2)16(12)5)11-19-14(3)9-18(10-15(19)4)23-20(6,21)22/h7-10H,11H2,1-6H3. The van der Waals surface area contributed by atoms with Crippen LogP contribution in [0.1, 0.15) is 45.9 Å². The number of hydrogen-bond acceptors (Lipinski definition) is 1. The van der Waals surface area contributed by atoms with Crippen LogP contribution in [0.4, 0.5) is 8.78 Å². The van der Waals surface area contributed by atoms with Crippen molar-refractivity contribution in [1.82, 2.24) is 0 Å². The normalized spacial score (nSPS) is 11.7. The van der Waals surface area contributed by atoms with Crippen LogP contribution in [-0.2, 0) is 6.42 Å². The summed E-state index contributed by atoms with van der Waals surface area (Å²) in [6, 6.07) is 7.78. The maximum absolute atomic E-state index is 13.0. The molecule has 0 N–H and O–H groups in total. The summed E-state index contributed by atoms with van der Waals surface area (Å²) in [5.74, 6) is 0.215. The van der Waals surface area contributed by atoms with Crippen molar-refractivity contribution in [2.75, 3.05) is 0 Å². The molecule has 0 saturated heterocycles. The molecule has 0 heterocycles. The Morgan fingerprint density at radius 1 is 0.826 bits per heavy atom. The molecule has 0 amide bonds. The largest absolute Gasteiger partial charge is 0.433 e. The third kappa shape index (κ3) is 4.31. The topological polar surface area (TPSA) is 9.23 Å². The second-order valence-electron chi connectivity index (χ2n) is 6.48. The van der Waals surface area contributed by atoms with Crippen molar-refractivity contribution in [3.8, 4) is 5.75 Å². The van der Waals surface area contributed by atoms with Crippen LogP contribution in [0.2, 0.25) is 0 Å². The van der Waals surface area contributed by atoms with E-state index in [1.54, 1.807) is 12.1 Å². The lowest BCUT2D eigenvalue weighted by atomic mass is 9.92. The van der Waals surface area contributed by atoms with Gasteiger partial charge in [-0.1, -0.05) is 12.1 Å². The van der Waals surface area contributed by atoms with Crippen molar-refractivity contribution in [3.05, 3.63) is 63.2 Å². The highest BCUT2D eigenvalue weighted by atomic mass is 19.3. The number of hydrogen-bond donors (Lipinski definition) is 0. The fraction of sp³-hybridized carbons (Fsp3) is 0.400. The Morgan fingerprint density at radius 2 is 1.30 bits per heavy atom. The van der Waals surface area contributed by atoms with Crippen LogP contribution in [0.15, 0.2) is 24.3 Å². The first kappa shape index (κ1) is 17.5. The zero-order valence-electron chi connectivity index (χ0n) is 14.7. The molecule has 2 aromatic carbocycles. The van der Waals surface area contributed by atoms with Gasteiger partial charge in [0.05, 0.1) is 0 Å². The number of benzene rings is 2. The summed E-state index contributed by atoms with van der Waals surface area (Å²) in [6.07, 6.45) is -2.37. The van der Waals surface area contributed by atoms with Gasteiger partial charge in [0, 0.05) is 6.92 Å². The van der Waals surface area contributed by atoms with Gasteiger partial charge in [-0.15, -0.1) is 0 Å². The highest BCUT2D eigenvalue weighted by Gasteiger charge is 2.23. The molecule has 2 aromatic rings. The van der Waals surface area contributed by atoms with Gasteiger partial charge < -0.3 is 4.74 Å². The van der Waals surface area contributed by atoms with Gasteiger partial charge in [0.1, 0.15) is 5.75 Å². The molecular formula is C20H24F2O. The minimum atomic E-state index is -3.16. The molecule has 1 nitrogen and oxygen atoms in total. The predicted molar refractivity (Wildman–Crippen MR) is 90.6 cm³/mol. The van der Waals surface area contributed by atoms with Crippen LogP contribution < -0.4 is 4.74 Å². The van der Waals surface area contributed by atoms with Crippen LogP contribution in [0, 0.1) is 34.6 Å². The summed E-state index contributed by atoms with van der Waals surface area (Å²) in [4.78, 5) is 0. The van der Waals surface area contributed by atoms with E-state index in [9.17, 15) is 8.78 Å². The smallest absolute Gasteiger partial charge is 0.394 e. The van der Waals surface area contributed by atoms with Crippen molar-refractivity contribution in [2.45, 2.75) is 54.1 Å². The summed E-state index contributed by atoms with van der Waals surface area (Å²) in [5, 5.41) is 0. The van der Waals surface area contributed by atoms with Gasteiger partial charge >= 0.3 is 6.11 Å². The highest BCUT2D eigenvalue weighted by Crippen LogP contribution is 2.28. The molecule has 0 fully saturated rings. The van der Waals surface area contributed by atoms with E-state index in [0.717, 1.165) is 24.5 Å². The van der Waals surface area contributed by atoms with Gasteiger partial charge in [-0.05, 0) is 92.1 Å². The van der Waals surface area contributed by atoms with E-state index in [2.05, 4.69) is 37.6 Å². The van der Waals surface area contributed by atoms with Gasteiger partial charge in [-0.2, -0.15) is 8.78 Å². The average molecular weight is 318 g/mol. The Kier molecular flexibility index (Phi) is 4.79. The zero-order valence-corrected chi connectivity index (χ0v) is 14.7. The van der Waals surface area contributed by atoms with Crippen molar-refractivity contribution < 1.29 is 13.5 Å². The first-order valence-corrected chi connectivity index (χ1v) is 7.80. The average Bonchev–Trinajstić information content (AvgIpc) is 2.38. The predicted octanol–water partition coefficient (Wildman–Crippen LogP) is 5.81. The summed E-state index contributed by atoms with van der Waals surface area (Å²) >= 11 is 0. The molecule has 23 heavy (non-hydrogen) atoms. The third-order valence-corrected chi connectivity index (χ3v) is 4.33. The van der Waals surface area contributed by atoms with Crippen LogP contribution in [-0.4, -0.2) is 6.11 Å². The Morgan fingerprint density at radius 3 is 1.74 bits per heavy atom. The first-order valence-electron chi connectivity index (χ1n) is 7.80. The van der Waals surface area contributed by atoms with Crippen LogP contribution in [0.3, 0.4) is 0 Å². The van der Waals surface area contributed by atoms with Gasteiger partial charge in [0.2, 0.25) is 0 Å². The maximum Gasteiger partial charge on any atom is 0.394 e. The lowest BCUT2D eigenvalue weighted by molar-refractivity contribution is -0.159. The van der Waals surface area contributed by atoms with Gasteiger partial charge in [-0.3, -0.25) is 0 Å². The van der Waals surface area contributed by atoms with E-state index in [1.807, 2.05) is 13.8 Å². The van der Waals surface area contributed by atoms with E-state index < -0.39 is 6.11 Å². The minimum Gasteiger partial charge on any atom is -0.433 e. The van der Waals surface area contributed by atoms with Gasteiger partial charge in [-0.25, -0.2) is 0 Å². The molecule has 0 bridgehead atoms. The van der Waals surface area contributed by atoms with Crippen LogP contribution in [0.5, 0.6) is 5.75 Å². The number of alkyl halides is 2. The molecule has 0 atom stereocenters. The van der Waals surface area contributed by atoms with E-state index in [1.165, 1.54) is 27.8 Å². The van der Waals surface area contributed by atoms with Crippen molar-refractivity contribution in [2.24, 2.45) is 0 Å². The maximum atomic E-state index is 13.0. The molecule has 0 aliphatic heterocycles. The van der Waals surface area contributed by atoms with Crippen molar-refractivity contribution in [3.63, 3.8) is 0 Å². The van der Waals surface area contributed by atoms with Crippen molar-refractivity contribution >= 4 is 0 Å². The minimum absolute atomic E-state index is 0.215. The number of rotatable bonds is 4. The number of halogens is 2. The molecule has 0 aliphatic rings. The monoisotopic (exact) mass is 318 g/mol. The molecule has 2 rings (SSSR count). The molecule has 124 valence electrons. The van der Waals surface area contributed by atoms with E-state index >= 15 is 0 Å². The molecule has 0 aromatic heterocycles. The highest BCUT2D eigenvalue weighted by molar-refractivity contribution is 5.45. The second kappa shape index (κ2) is 6.31. The Balaban J connectivity index is 2.34. The van der Waals surface area contributed by atoms with Crippen LogP contribution in [0.25, 0.3) is 0 Å². The SMILES string of the molecule is Cc1cc(Cc2c(C)cc(OC(C)(F)F)cc2C)cc(C)c1C. The quantitative estimate of drug-likeness (QED) is 0.691. The molecule has 0 radical (unpaired) electrons. The summed E-state index contributed by atoms with van der Waals surface area (Å²) in [6.45, 7) is 11.0. The summed E-state index contributed by atoms with van der Waals surface area (Å²) < 4.78 is 30.7. The second-order valence-corrected chi connectivity index (χ2v) is 6.48. The first-order chi connectivity index (χ1) is 10.6. The van der Waals surface area contributed by atoms with Crippen LogP contribution >= 0.6 is 0 Å². The van der Waals surface area contributed by atoms with Gasteiger partial charge in [0.25, 0.3) is 0 Å². The summed E-state index contributed by atoms with van der Waals surface area (Å²) in [7, 11) is 0. The molecule has 0 saturated carbocycles. The number of aryl methyl sites for hydroxylation is 4. The van der Waals surface area contributed by atoms with E-state index in [-0.39, 0.29) is 5.75 Å². The fourth-order valence-corrected chi connectivity index (χ4v) is 2.93. The molecule has 0 aliphatic carbocycles. The Labute approximate surface area is 137 Å². The Bertz CT molecular complexity index is 681. The summed E-state index contributed by atoms with van der Waals surface area (Å²) in [5.41, 5.74) is 8.23. The lowest BCUT2D eigenvalue weighted by Gasteiger charge is -2.17. The van der Waals surface area contributed by atoms with E-state index in [4.69, 9.17) is 0 Å².